The Labute approximate surface area is 153 Å². The van der Waals surface area contributed by atoms with Crippen molar-refractivity contribution in [1.29, 1.82) is 0 Å². The quantitative estimate of drug-likeness (QED) is 0.819. The first-order chi connectivity index (χ1) is 12.5. The van der Waals surface area contributed by atoms with Gasteiger partial charge < -0.3 is 19.9 Å². The summed E-state index contributed by atoms with van der Waals surface area (Å²) in [5.74, 6) is 0.484. The average molecular weight is 358 g/mol. The van der Waals surface area contributed by atoms with E-state index >= 15 is 0 Å². The van der Waals surface area contributed by atoms with Crippen molar-refractivity contribution in [2.45, 2.75) is 18.6 Å². The number of hydrogen-bond acceptors (Lipinski definition) is 5. The predicted molar refractivity (Wildman–Crippen MR) is 100 cm³/mol. The highest BCUT2D eigenvalue weighted by atomic mass is 16.5. The van der Waals surface area contributed by atoms with Crippen LogP contribution < -0.4 is 10.5 Å². The topological polar surface area (TPSA) is 74.0 Å². The maximum atomic E-state index is 11.5. The minimum atomic E-state index is -0.664. The number of rotatable bonds is 7. The molecule has 0 saturated carbocycles. The van der Waals surface area contributed by atoms with Gasteiger partial charge in [0, 0.05) is 26.7 Å². The van der Waals surface area contributed by atoms with Gasteiger partial charge in [0.1, 0.15) is 11.4 Å². The molecule has 0 radical (unpaired) electrons. The van der Waals surface area contributed by atoms with Gasteiger partial charge in [-0.1, -0.05) is 18.2 Å². The Kier molecular flexibility index (Phi) is 5.76. The van der Waals surface area contributed by atoms with Crippen LogP contribution in [0.15, 0.2) is 36.4 Å². The summed E-state index contributed by atoms with van der Waals surface area (Å²) < 4.78 is 16.5. The van der Waals surface area contributed by atoms with Crippen molar-refractivity contribution < 1.29 is 19.0 Å². The Morgan fingerprint density at radius 2 is 2.00 bits per heavy atom. The first-order valence-electron chi connectivity index (χ1n) is 8.74. The summed E-state index contributed by atoms with van der Waals surface area (Å²) >= 11 is 0. The molecule has 1 saturated heterocycles. The molecule has 6 nitrogen and oxygen atoms in total. The second kappa shape index (κ2) is 8.03. The highest BCUT2D eigenvalue weighted by Crippen LogP contribution is 2.26. The predicted octanol–water partition coefficient (Wildman–Crippen LogP) is 1.94. The third-order valence-electron chi connectivity index (χ3n) is 4.75. The number of methoxy groups -OCH3 is 2. The maximum Gasteiger partial charge on any atom is 0.220 e. The van der Waals surface area contributed by atoms with Crippen molar-refractivity contribution in [3.63, 3.8) is 0 Å². The molecule has 26 heavy (non-hydrogen) atoms. The average Bonchev–Trinajstić information content (AvgIpc) is 2.61. The molecule has 1 fully saturated rings. The minimum Gasteiger partial charge on any atom is -0.497 e. The molecule has 0 aromatic heterocycles. The fourth-order valence-electron chi connectivity index (χ4n) is 3.64. The van der Waals surface area contributed by atoms with Gasteiger partial charge >= 0.3 is 0 Å². The van der Waals surface area contributed by atoms with Crippen molar-refractivity contribution in [3.8, 4) is 5.75 Å². The molecule has 1 aliphatic rings. The molecule has 2 N–H and O–H groups in total. The lowest BCUT2D eigenvalue weighted by molar-refractivity contribution is -0.154. The van der Waals surface area contributed by atoms with Crippen molar-refractivity contribution in [1.82, 2.24) is 4.90 Å². The van der Waals surface area contributed by atoms with E-state index in [1.54, 1.807) is 14.2 Å². The van der Waals surface area contributed by atoms with Gasteiger partial charge in [-0.2, -0.15) is 0 Å². The molecule has 0 bridgehead atoms. The lowest BCUT2D eigenvalue weighted by Gasteiger charge is -2.41. The number of nitrogens with zero attached hydrogens (tertiary/aromatic N) is 1. The van der Waals surface area contributed by atoms with E-state index in [1.165, 1.54) is 10.9 Å². The SMILES string of the molecule is COC[C@]1(CC(N)=O)CN(Cc2ccc3cc(OC)ccc3c2)CCO1. The van der Waals surface area contributed by atoms with Crippen molar-refractivity contribution in [2.75, 3.05) is 40.5 Å². The van der Waals surface area contributed by atoms with Crippen LogP contribution in [-0.4, -0.2) is 56.9 Å². The van der Waals surface area contributed by atoms with Gasteiger partial charge in [-0.15, -0.1) is 0 Å². The number of carbonyl (C=O) groups is 1. The van der Waals surface area contributed by atoms with Crippen LogP contribution in [-0.2, 0) is 20.8 Å². The Morgan fingerprint density at radius 3 is 2.73 bits per heavy atom. The molecule has 2 aromatic carbocycles. The number of benzene rings is 2. The molecular weight excluding hydrogens is 332 g/mol. The van der Waals surface area contributed by atoms with E-state index in [4.69, 9.17) is 19.9 Å². The van der Waals surface area contributed by atoms with Crippen LogP contribution in [0.1, 0.15) is 12.0 Å². The Hall–Kier alpha value is -2.15. The van der Waals surface area contributed by atoms with Gasteiger partial charge in [0.15, 0.2) is 0 Å². The number of primary amides is 1. The first kappa shape index (κ1) is 18.6. The Bertz CT molecular complexity index is 775. The van der Waals surface area contributed by atoms with Crippen LogP contribution in [0.5, 0.6) is 5.75 Å². The number of morpholine rings is 1. The molecule has 1 heterocycles. The summed E-state index contributed by atoms with van der Waals surface area (Å²) in [4.78, 5) is 13.8. The standard InChI is InChI=1S/C20H26N2O4/c1-24-14-20(11-19(21)23)13-22(7-8-26-20)12-15-3-4-17-10-18(25-2)6-5-16(17)9-15/h3-6,9-10H,7-8,11-14H2,1-2H3,(H2,21,23)/t20-/m0/s1. The molecule has 1 amide bonds. The van der Waals surface area contributed by atoms with Gasteiger partial charge in [-0.25, -0.2) is 0 Å². The van der Waals surface area contributed by atoms with E-state index in [1.807, 2.05) is 12.1 Å². The molecule has 140 valence electrons. The highest BCUT2D eigenvalue weighted by molar-refractivity contribution is 5.84. The molecule has 0 aliphatic carbocycles. The maximum absolute atomic E-state index is 11.5. The number of ether oxygens (including phenoxy) is 3. The summed E-state index contributed by atoms with van der Waals surface area (Å²) in [6.45, 7) is 3.12. The number of nitrogens with two attached hydrogens (primary N) is 1. The van der Waals surface area contributed by atoms with Crippen molar-refractivity contribution >= 4 is 16.7 Å². The summed E-state index contributed by atoms with van der Waals surface area (Å²) in [5.41, 5.74) is 5.97. The molecule has 1 atom stereocenters. The molecule has 3 rings (SSSR count). The first-order valence-corrected chi connectivity index (χ1v) is 8.74. The number of carbonyl (C=O) groups excluding carboxylic acids is 1. The zero-order chi connectivity index (χ0) is 18.6. The number of amides is 1. The molecular formula is C20H26N2O4. The van der Waals surface area contributed by atoms with Crippen molar-refractivity contribution in [2.24, 2.45) is 5.73 Å². The van der Waals surface area contributed by atoms with Crippen LogP contribution >= 0.6 is 0 Å². The normalized spacial score (nSPS) is 21.0. The smallest absolute Gasteiger partial charge is 0.220 e. The Balaban J connectivity index is 1.75. The second-order valence-corrected chi connectivity index (χ2v) is 6.87. The van der Waals surface area contributed by atoms with Gasteiger partial charge in [0.25, 0.3) is 0 Å². The van der Waals surface area contributed by atoms with Crippen LogP contribution in [0.3, 0.4) is 0 Å². The van der Waals surface area contributed by atoms with E-state index < -0.39 is 5.60 Å². The fourth-order valence-corrected chi connectivity index (χ4v) is 3.64. The molecule has 0 spiro atoms. The third kappa shape index (κ3) is 4.33. The van der Waals surface area contributed by atoms with E-state index in [0.29, 0.717) is 19.8 Å². The van der Waals surface area contributed by atoms with E-state index in [0.717, 1.165) is 24.2 Å². The third-order valence-corrected chi connectivity index (χ3v) is 4.75. The molecule has 2 aromatic rings. The van der Waals surface area contributed by atoms with E-state index in [-0.39, 0.29) is 12.3 Å². The number of fused-ring (bicyclic) bond motifs is 1. The Morgan fingerprint density at radius 1 is 1.23 bits per heavy atom. The summed E-state index contributed by atoms with van der Waals surface area (Å²) in [6.07, 6.45) is 0.162. The van der Waals surface area contributed by atoms with Gasteiger partial charge in [-0.05, 0) is 34.5 Å². The summed E-state index contributed by atoms with van der Waals surface area (Å²) in [5, 5.41) is 2.33. The van der Waals surface area contributed by atoms with Crippen LogP contribution in [0, 0.1) is 0 Å². The lowest BCUT2D eigenvalue weighted by Crippen LogP contribution is -2.55. The zero-order valence-electron chi connectivity index (χ0n) is 15.4. The van der Waals surface area contributed by atoms with Crippen molar-refractivity contribution in [3.05, 3.63) is 42.0 Å². The summed E-state index contributed by atoms with van der Waals surface area (Å²) in [6, 6.07) is 12.5. The largest absolute Gasteiger partial charge is 0.497 e. The van der Waals surface area contributed by atoms with E-state index in [9.17, 15) is 4.79 Å². The monoisotopic (exact) mass is 358 g/mol. The highest BCUT2D eigenvalue weighted by Gasteiger charge is 2.38. The van der Waals surface area contributed by atoms with Gasteiger partial charge in [0.2, 0.25) is 5.91 Å². The fraction of sp³-hybridized carbons (Fsp3) is 0.450. The van der Waals surface area contributed by atoms with Crippen LogP contribution in [0.2, 0.25) is 0 Å². The van der Waals surface area contributed by atoms with Gasteiger partial charge in [-0.3, -0.25) is 9.69 Å². The lowest BCUT2D eigenvalue weighted by atomic mass is 9.97. The van der Waals surface area contributed by atoms with Gasteiger partial charge in [0.05, 0.1) is 26.7 Å². The van der Waals surface area contributed by atoms with E-state index in [2.05, 4.69) is 29.2 Å². The molecule has 0 unspecified atom stereocenters. The van der Waals surface area contributed by atoms with Crippen LogP contribution in [0.25, 0.3) is 10.8 Å². The van der Waals surface area contributed by atoms with Crippen LogP contribution in [0.4, 0.5) is 0 Å². The molecule has 1 aliphatic heterocycles. The molecule has 6 heteroatoms. The number of hydrogen-bond donors (Lipinski definition) is 1. The second-order valence-electron chi connectivity index (χ2n) is 6.87. The summed E-state index contributed by atoms with van der Waals surface area (Å²) in [7, 11) is 3.29. The zero-order valence-corrected chi connectivity index (χ0v) is 15.4. The minimum absolute atomic E-state index is 0.162.